The maximum Gasteiger partial charge on any atom is 0.346 e. The Morgan fingerprint density at radius 1 is 0.895 bits per heavy atom. The second kappa shape index (κ2) is 10.9. The molecule has 2 fully saturated rings. The maximum absolute atomic E-state index is 13.4. The number of urea groups is 1. The Morgan fingerprint density at radius 2 is 1.63 bits per heavy atom. The predicted octanol–water partition coefficient (Wildman–Crippen LogP) is 5.53. The number of nitrogens with one attached hydrogen (secondary N) is 1. The molecule has 7 nitrogen and oxygen atoms in total. The molecule has 6 rings (SSSR count). The fourth-order valence-corrected chi connectivity index (χ4v) is 5.99. The Morgan fingerprint density at radius 3 is 2.42 bits per heavy atom. The van der Waals surface area contributed by atoms with E-state index in [1.807, 2.05) is 65.6 Å². The largest absolute Gasteiger partial charge is 0.489 e. The molecule has 1 radical (unpaired) electrons. The molecular formula is C31H33N4O3. The molecule has 195 valence electrons. The van der Waals surface area contributed by atoms with Crippen LogP contribution >= 0.6 is 0 Å². The number of carbonyl (C=O) groups is 2. The number of piperidine rings is 2. The van der Waals surface area contributed by atoms with Crippen LogP contribution in [0.1, 0.15) is 53.1 Å². The van der Waals surface area contributed by atoms with Crippen LogP contribution in [0.25, 0.3) is 0 Å². The van der Waals surface area contributed by atoms with Crippen molar-refractivity contribution in [1.29, 1.82) is 0 Å². The first-order valence-electron chi connectivity index (χ1n) is 13.6. The summed E-state index contributed by atoms with van der Waals surface area (Å²) in [5.74, 6) is 1.40. The van der Waals surface area contributed by atoms with Crippen LogP contribution < -0.4 is 15.4 Å². The first-order chi connectivity index (χ1) is 18.6. The van der Waals surface area contributed by atoms with Gasteiger partial charge < -0.3 is 19.9 Å². The smallest absolute Gasteiger partial charge is 0.346 e. The molecule has 3 aliphatic heterocycles. The molecule has 7 heteroatoms. The summed E-state index contributed by atoms with van der Waals surface area (Å²) in [6.45, 7) is 4.07. The van der Waals surface area contributed by atoms with Crippen molar-refractivity contribution in [2.24, 2.45) is 0 Å². The van der Waals surface area contributed by atoms with Crippen molar-refractivity contribution in [3.63, 3.8) is 0 Å². The van der Waals surface area contributed by atoms with Crippen LogP contribution in [0.5, 0.6) is 5.75 Å². The molecule has 0 bridgehead atoms. The summed E-state index contributed by atoms with van der Waals surface area (Å²) in [6.07, 6.45) is 4.22. The molecular weight excluding hydrogens is 476 g/mol. The van der Waals surface area contributed by atoms with Crippen LogP contribution in [-0.4, -0.2) is 54.0 Å². The summed E-state index contributed by atoms with van der Waals surface area (Å²) in [7, 11) is 0. The third-order valence-corrected chi connectivity index (χ3v) is 8.14. The minimum atomic E-state index is -0.277. The summed E-state index contributed by atoms with van der Waals surface area (Å²) < 4.78 is 5.93. The molecule has 3 heterocycles. The van der Waals surface area contributed by atoms with Gasteiger partial charge in [0.25, 0.3) is 5.91 Å². The Kier molecular flexibility index (Phi) is 7.01. The lowest BCUT2D eigenvalue weighted by Gasteiger charge is -2.42. The van der Waals surface area contributed by atoms with E-state index in [0.29, 0.717) is 18.6 Å². The van der Waals surface area contributed by atoms with Crippen LogP contribution in [0.15, 0.2) is 72.8 Å². The second-order valence-corrected chi connectivity index (χ2v) is 10.4. The van der Waals surface area contributed by atoms with Crippen molar-refractivity contribution in [2.45, 2.75) is 44.2 Å². The number of fused-ring (bicyclic) bond motifs is 1. The standard InChI is InChI=1S/C31H33N4O3/c36-30(27-9-5-4-6-24(27)21-38-26-7-2-1-3-8-26)35-18-14-25(15-19-35)34-16-12-22(13-17-34)23-10-11-28-29(20-23)33-31(37)32-28/h1-11,20,22,25H,12-19,21H2,(H,32,37). The highest BCUT2D eigenvalue weighted by atomic mass is 16.5. The number of ether oxygens (including phenoxy) is 1. The molecule has 0 saturated carbocycles. The van der Waals surface area contributed by atoms with E-state index >= 15 is 0 Å². The van der Waals surface area contributed by atoms with Gasteiger partial charge in [-0.15, -0.1) is 0 Å². The zero-order chi connectivity index (χ0) is 25.9. The lowest BCUT2D eigenvalue weighted by Crippen LogP contribution is -2.49. The summed E-state index contributed by atoms with van der Waals surface area (Å²) in [5.41, 5.74) is 4.51. The average molecular weight is 510 g/mol. The van der Waals surface area contributed by atoms with Gasteiger partial charge in [-0.25, -0.2) is 4.79 Å². The van der Waals surface area contributed by atoms with E-state index < -0.39 is 0 Å². The third-order valence-electron chi connectivity index (χ3n) is 8.14. The molecule has 0 spiro atoms. The molecule has 0 atom stereocenters. The van der Waals surface area contributed by atoms with Crippen molar-refractivity contribution < 1.29 is 14.3 Å². The minimum absolute atomic E-state index is 0.101. The molecule has 1 N–H and O–H groups in total. The molecule has 0 aliphatic carbocycles. The molecule has 0 unspecified atom stereocenters. The number of nitrogens with zero attached hydrogens (tertiary/aromatic N) is 3. The van der Waals surface area contributed by atoms with Gasteiger partial charge in [0.2, 0.25) is 0 Å². The van der Waals surface area contributed by atoms with E-state index in [-0.39, 0.29) is 11.9 Å². The zero-order valence-corrected chi connectivity index (χ0v) is 21.5. The van der Waals surface area contributed by atoms with Gasteiger partial charge in [0.1, 0.15) is 12.4 Å². The molecule has 2 saturated heterocycles. The van der Waals surface area contributed by atoms with Gasteiger partial charge in [0.05, 0.1) is 11.4 Å². The van der Waals surface area contributed by atoms with Crippen LogP contribution in [0.3, 0.4) is 0 Å². The third kappa shape index (κ3) is 5.24. The van der Waals surface area contributed by atoms with E-state index in [2.05, 4.69) is 27.7 Å². The number of para-hydroxylation sites is 1. The Labute approximate surface area is 223 Å². The van der Waals surface area contributed by atoms with E-state index in [1.165, 1.54) is 5.56 Å². The SMILES string of the molecule is O=C1[N]c2cc(C3CCN(C4CCN(C(=O)c5ccccc5COc5ccccc5)CC4)CC3)ccc2N1. The van der Waals surface area contributed by atoms with Gasteiger partial charge >= 0.3 is 6.03 Å². The summed E-state index contributed by atoms with van der Waals surface area (Å²) in [4.78, 5) is 29.6. The lowest BCUT2D eigenvalue weighted by molar-refractivity contribution is 0.0576. The Balaban J connectivity index is 1.01. The van der Waals surface area contributed by atoms with E-state index in [1.54, 1.807) is 0 Å². The van der Waals surface area contributed by atoms with E-state index in [9.17, 15) is 9.59 Å². The minimum Gasteiger partial charge on any atom is -0.489 e. The van der Waals surface area contributed by atoms with Crippen LogP contribution in [0.4, 0.5) is 16.2 Å². The van der Waals surface area contributed by atoms with Crippen LogP contribution in [0, 0.1) is 0 Å². The van der Waals surface area contributed by atoms with Crippen LogP contribution in [0.2, 0.25) is 0 Å². The predicted molar refractivity (Wildman–Crippen MR) is 147 cm³/mol. The number of amides is 3. The van der Waals surface area contributed by atoms with Gasteiger partial charge in [-0.3, -0.25) is 4.79 Å². The van der Waals surface area contributed by atoms with Gasteiger partial charge in [-0.05, 0) is 80.6 Å². The highest BCUT2D eigenvalue weighted by Gasteiger charge is 2.31. The highest BCUT2D eigenvalue weighted by Crippen LogP contribution is 2.36. The fraction of sp³-hybridized carbons (Fsp3) is 0.355. The molecule has 3 amide bonds. The quantitative estimate of drug-likeness (QED) is 0.474. The molecule has 3 aromatic rings. The molecule has 0 aromatic heterocycles. The number of hydrogen-bond acceptors (Lipinski definition) is 4. The molecule has 3 aliphatic rings. The number of rotatable bonds is 6. The van der Waals surface area contributed by atoms with E-state index in [0.717, 1.165) is 80.1 Å². The van der Waals surface area contributed by atoms with Crippen molar-refractivity contribution in [3.05, 3.63) is 89.5 Å². The summed E-state index contributed by atoms with van der Waals surface area (Å²) in [6, 6.07) is 23.9. The summed E-state index contributed by atoms with van der Waals surface area (Å²) in [5, 5.41) is 6.84. The maximum atomic E-state index is 13.4. The first-order valence-corrected chi connectivity index (χ1v) is 13.6. The first kappa shape index (κ1) is 24.5. The van der Waals surface area contributed by atoms with Gasteiger partial charge in [0, 0.05) is 30.3 Å². The number of benzene rings is 3. The molecule has 38 heavy (non-hydrogen) atoms. The van der Waals surface area contributed by atoms with Crippen molar-refractivity contribution in [1.82, 2.24) is 15.1 Å². The van der Waals surface area contributed by atoms with Crippen LogP contribution in [-0.2, 0) is 6.61 Å². The van der Waals surface area contributed by atoms with Gasteiger partial charge in [-0.1, -0.05) is 42.5 Å². The normalized spacial score (nSPS) is 18.5. The van der Waals surface area contributed by atoms with E-state index in [4.69, 9.17) is 4.74 Å². The fourth-order valence-electron chi connectivity index (χ4n) is 5.99. The Hall–Kier alpha value is -3.84. The number of likely N-dealkylation sites (tertiary alicyclic amines) is 2. The molecule has 3 aromatic carbocycles. The summed E-state index contributed by atoms with van der Waals surface area (Å²) >= 11 is 0. The number of anilines is 1. The average Bonchev–Trinajstić information content (AvgIpc) is 3.36. The van der Waals surface area contributed by atoms with Gasteiger partial charge in [0.15, 0.2) is 0 Å². The zero-order valence-electron chi connectivity index (χ0n) is 21.5. The Bertz CT molecular complexity index is 1300. The number of hydrogen-bond donors (Lipinski definition) is 1. The van der Waals surface area contributed by atoms with Crippen molar-refractivity contribution in [2.75, 3.05) is 31.5 Å². The number of carbonyl (C=O) groups excluding carboxylic acids is 2. The monoisotopic (exact) mass is 509 g/mol. The topological polar surface area (TPSA) is 76.0 Å². The highest BCUT2D eigenvalue weighted by molar-refractivity contribution is 6.02. The van der Waals surface area contributed by atoms with Crippen molar-refractivity contribution >= 4 is 23.3 Å². The lowest BCUT2D eigenvalue weighted by atomic mass is 9.87. The van der Waals surface area contributed by atoms with Gasteiger partial charge in [-0.2, -0.15) is 5.32 Å². The van der Waals surface area contributed by atoms with Crippen molar-refractivity contribution in [3.8, 4) is 5.75 Å². The second-order valence-electron chi connectivity index (χ2n) is 10.4.